The van der Waals surface area contributed by atoms with Gasteiger partial charge < -0.3 is 9.64 Å². The number of amides is 1. The van der Waals surface area contributed by atoms with Crippen LogP contribution in [0, 0.1) is 23.5 Å². The monoisotopic (exact) mass is 291 g/mol. The van der Waals surface area contributed by atoms with Gasteiger partial charge in [-0.1, -0.05) is 12.0 Å². The van der Waals surface area contributed by atoms with Gasteiger partial charge in [0.1, 0.15) is 24.0 Å². The van der Waals surface area contributed by atoms with Crippen LogP contribution in [0.3, 0.4) is 0 Å². The molecule has 1 aliphatic rings. The van der Waals surface area contributed by atoms with E-state index in [9.17, 15) is 13.6 Å². The fourth-order valence-corrected chi connectivity index (χ4v) is 2.11. The summed E-state index contributed by atoms with van der Waals surface area (Å²) in [4.78, 5) is 12.9. The number of nitrogens with zero attached hydrogens (tertiary/aromatic N) is 1. The molecule has 0 aromatic heterocycles. The summed E-state index contributed by atoms with van der Waals surface area (Å²) in [6.45, 7) is 1.71. The molecule has 0 atom stereocenters. The highest BCUT2D eigenvalue weighted by atomic mass is 19.1. The van der Waals surface area contributed by atoms with Crippen molar-refractivity contribution < 1.29 is 18.3 Å². The number of rotatable bonds is 3. The Bertz CT molecular complexity index is 633. The van der Waals surface area contributed by atoms with Crippen molar-refractivity contribution in [3.8, 4) is 17.6 Å². The number of carbonyl (C=O) groups is 1. The standard InChI is InChI=1S/C16H15F2NO2/c1-3-4-8-21-11-9-12(17)16(13(18)10-11)14-6-5-7-15(20)19(14)2/h6,9-10H,5,7-8H2,1-2H3. The number of ether oxygens (including phenoxy) is 1. The van der Waals surface area contributed by atoms with Gasteiger partial charge in [-0.2, -0.15) is 0 Å². The molecular formula is C16H15F2NO2. The van der Waals surface area contributed by atoms with Gasteiger partial charge in [-0.3, -0.25) is 4.79 Å². The Morgan fingerprint density at radius 1 is 1.33 bits per heavy atom. The van der Waals surface area contributed by atoms with E-state index in [-0.39, 0.29) is 29.5 Å². The van der Waals surface area contributed by atoms with Crippen molar-refractivity contribution in [2.75, 3.05) is 13.7 Å². The number of hydrogen-bond donors (Lipinski definition) is 0. The first-order valence-electron chi connectivity index (χ1n) is 6.53. The molecule has 0 unspecified atom stereocenters. The minimum atomic E-state index is -0.762. The van der Waals surface area contributed by atoms with Crippen LogP contribution in [0.25, 0.3) is 5.70 Å². The molecule has 1 amide bonds. The van der Waals surface area contributed by atoms with Crippen molar-refractivity contribution in [1.29, 1.82) is 0 Å². The van der Waals surface area contributed by atoms with Gasteiger partial charge in [-0.15, -0.1) is 5.92 Å². The lowest BCUT2D eigenvalue weighted by molar-refractivity contribution is -0.127. The smallest absolute Gasteiger partial charge is 0.227 e. The van der Waals surface area contributed by atoms with Gasteiger partial charge in [-0.05, 0) is 13.3 Å². The van der Waals surface area contributed by atoms with Crippen molar-refractivity contribution in [2.45, 2.75) is 19.8 Å². The molecule has 0 fully saturated rings. The highest BCUT2D eigenvalue weighted by Gasteiger charge is 2.24. The minimum Gasteiger partial charge on any atom is -0.481 e. The van der Waals surface area contributed by atoms with Gasteiger partial charge in [0.25, 0.3) is 0 Å². The molecule has 0 radical (unpaired) electrons. The van der Waals surface area contributed by atoms with Crippen LogP contribution in [0.5, 0.6) is 5.75 Å². The third-order valence-electron chi connectivity index (χ3n) is 3.19. The van der Waals surface area contributed by atoms with Gasteiger partial charge in [0.2, 0.25) is 5.91 Å². The minimum absolute atomic E-state index is 0.0653. The third-order valence-corrected chi connectivity index (χ3v) is 3.19. The molecule has 0 saturated carbocycles. The van der Waals surface area contributed by atoms with Gasteiger partial charge in [0.05, 0.1) is 11.3 Å². The van der Waals surface area contributed by atoms with E-state index in [0.717, 1.165) is 12.1 Å². The topological polar surface area (TPSA) is 29.5 Å². The highest BCUT2D eigenvalue weighted by Crippen LogP contribution is 2.31. The number of benzene rings is 1. The van der Waals surface area contributed by atoms with E-state index in [4.69, 9.17) is 4.74 Å². The van der Waals surface area contributed by atoms with E-state index >= 15 is 0 Å². The third kappa shape index (κ3) is 3.22. The Hall–Kier alpha value is -2.35. The number of allylic oxidation sites excluding steroid dienone is 1. The summed E-state index contributed by atoms with van der Waals surface area (Å²) in [5.74, 6) is 3.66. The van der Waals surface area contributed by atoms with Crippen LogP contribution >= 0.6 is 0 Å². The van der Waals surface area contributed by atoms with Crippen molar-refractivity contribution in [2.24, 2.45) is 0 Å². The van der Waals surface area contributed by atoms with E-state index in [2.05, 4.69) is 11.8 Å². The lowest BCUT2D eigenvalue weighted by Gasteiger charge is -2.25. The SMILES string of the molecule is CC#CCOc1cc(F)c(C2=CCCC(=O)N2C)c(F)c1. The summed E-state index contributed by atoms with van der Waals surface area (Å²) in [6.07, 6.45) is 2.48. The van der Waals surface area contributed by atoms with Crippen LogP contribution in [-0.4, -0.2) is 24.5 Å². The molecule has 21 heavy (non-hydrogen) atoms. The quantitative estimate of drug-likeness (QED) is 0.801. The maximum absolute atomic E-state index is 14.2. The average molecular weight is 291 g/mol. The Morgan fingerprint density at radius 2 is 2.00 bits per heavy atom. The van der Waals surface area contributed by atoms with E-state index < -0.39 is 11.6 Å². The predicted molar refractivity (Wildman–Crippen MR) is 75.3 cm³/mol. The second-order valence-electron chi connectivity index (χ2n) is 4.56. The molecule has 110 valence electrons. The molecular weight excluding hydrogens is 276 g/mol. The molecule has 0 aliphatic carbocycles. The largest absolute Gasteiger partial charge is 0.481 e. The maximum atomic E-state index is 14.2. The maximum Gasteiger partial charge on any atom is 0.227 e. The molecule has 0 saturated heterocycles. The second-order valence-corrected chi connectivity index (χ2v) is 4.56. The Labute approximate surface area is 122 Å². The Balaban J connectivity index is 2.34. The zero-order chi connectivity index (χ0) is 15.4. The molecule has 1 aromatic carbocycles. The summed E-state index contributed by atoms with van der Waals surface area (Å²) < 4.78 is 33.5. The molecule has 0 spiro atoms. The average Bonchev–Trinajstić information content (AvgIpc) is 2.43. The first-order chi connectivity index (χ1) is 10.0. The Kier molecular flexibility index (Phi) is 4.59. The lowest BCUT2D eigenvalue weighted by atomic mass is 10.0. The first-order valence-corrected chi connectivity index (χ1v) is 6.53. The highest BCUT2D eigenvalue weighted by molar-refractivity contribution is 5.89. The number of halogens is 2. The molecule has 3 nitrogen and oxygen atoms in total. The zero-order valence-corrected chi connectivity index (χ0v) is 11.9. The van der Waals surface area contributed by atoms with Gasteiger partial charge in [-0.25, -0.2) is 8.78 Å². The van der Waals surface area contributed by atoms with E-state index in [1.807, 2.05) is 0 Å². The molecule has 1 aromatic rings. The van der Waals surface area contributed by atoms with Crippen molar-refractivity contribution in [3.63, 3.8) is 0 Å². The van der Waals surface area contributed by atoms with Crippen LogP contribution in [0.1, 0.15) is 25.3 Å². The molecule has 0 bridgehead atoms. The fraction of sp³-hybridized carbons (Fsp3) is 0.312. The summed E-state index contributed by atoms with van der Waals surface area (Å²) >= 11 is 0. The number of carbonyl (C=O) groups excluding carboxylic acids is 1. The van der Waals surface area contributed by atoms with Crippen molar-refractivity contribution in [3.05, 3.63) is 35.4 Å². The fourth-order valence-electron chi connectivity index (χ4n) is 2.11. The summed E-state index contributed by atoms with van der Waals surface area (Å²) in [5.41, 5.74) is 0.0422. The van der Waals surface area contributed by atoms with E-state index in [1.165, 1.54) is 11.9 Å². The van der Waals surface area contributed by atoms with E-state index in [1.54, 1.807) is 13.0 Å². The van der Waals surface area contributed by atoms with Crippen LogP contribution < -0.4 is 4.74 Å². The zero-order valence-electron chi connectivity index (χ0n) is 11.9. The van der Waals surface area contributed by atoms with Gasteiger partial charge in [0.15, 0.2) is 0 Å². The second kappa shape index (κ2) is 6.40. The van der Waals surface area contributed by atoms with Crippen LogP contribution in [-0.2, 0) is 4.79 Å². The molecule has 0 N–H and O–H groups in total. The van der Waals surface area contributed by atoms with Crippen LogP contribution in [0.4, 0.5) is 8.78 Å². The Morgan fingerprint density at radius 3 is 2.62 bits per heavy atom. The summed E-state index contributed by atoms with van der Waals surface area (Å²) in [7, 11) is 1.51. The molecule has 1 aliphatic heterocycles. The van der Waals surface area contributed by atoms with Gasteiger partial charge in [0, 0.05) is 25.6 Å². The predicted octanol–water partition coefficient (Wildman–Crippen LogP) is 2.96. The molecule has 2 rings (SSSR count). The van der Waals surface area contributed by atoms with Crippen molar-refractivity contribution in [1.82, 2.24) is 4.90 Å². The summed E-state index contributed by atoms with van der Waals surface area (Å²) in [6, 6.07) is 2.20. The van der Waals surface area contributed by atoms with Crippen LogP contribution in [0.2, 0.25) is 0 Å². The first kappa shape index (κ1) is 15.0. The number of hydrogen-bond acceptors (Lipinski definition) is 2. The normalized spacial score (nSPS) is 14.4. The molecule has 1 heterocycles. The van der Waals surface area contributed by atoms with Crippen LogP contribution in [0.15, 0.2) is 18.2 Å². The molecule has 5 heteroatoms. The van der Waals surface area contributed by atoms with Crippen molar-refractivity contribution >= 4 is 11.6 Å². The summed E-state index contributed by atoms with van der Waals surface area (Å²) in [5, 5.41) is 0. The van der Waals surface area contributed by atoms with Gasteiger partial charge >= 0.3 is 0 Å². The lowest BCUT2D eigenvalue weighted by Crippen LogP contribution is -2.28. The van der Waals surface area contributed by atoms with E-state index in [0.29, 0.717) is 12.8 Å².